The quantitative estimate of drug-likeness (QED) is 0.640. The summed E-state index contributed by atoms with van der Waals surface area (Å²) in [5.74, 6) is -0.00580. The molecule has 0 aromatic rings. The number of likely N-dealkylation sites (N-methyl/N-ethyl adjacent to an activating group) is 1. The molecule has 0 aromatic carbocycles. The van der Waals surface area contributed by atoms with E-state index in [0.717, 1.165) is 25.7 Å². The first-order chi connectivity index (χ1) is 11.0. The van der Waals surface area contributed by atoms with Gasteiger partial charge >= 0.3 is 0 Å². The van der Waals surface area contributed by atoms with Gasteiger partial charge in [0.15, 0.2) is 0 Å². The third kappa shape index (κ3) is 8.94. The number of carbonyl (C=O) groups excluding carboxylic acids is 2. The van der Waals surface area contributed by atoms with Crippen LogP contribution >= 0.6 is 0 Å². The Morgan fingerprint density at radius 2 is 1.65 bits per heavy atom. The van der Waals surface area contributed by atoms with E-state index < -0.39 is 0 Å². The molecule has 0 spiro atoms. The Bertz CT molecular complexity index is 350. The van der Waals surface area contributed by atoms with Gasteiger partial charge in [-0.15, -0.1) is 0 Å². The van der Waals surface area contributed by atoms with Crippen molar-refractivity contribution in [1.82, 2.24) is 15.5 Å². The lowest BCUT2D eigenvalue weighted by Gasteiger charge is -2.24. The van der Waals surface area contributed by atoms with Gasteiger partial charge in [0.2, 0.25) is 11.8 Å². The fraction of sp³-hybridized carbons (Fsp3) is 0.889. The van der Waals surface area contributed by atoms with Crippen LogP contribution in [0.25, 0.3) is 0 Å². The van der Waals surface area contributed by atoms with E-state index in [1.807, 2.05) is 14.1 Å². The maximum Gasteiger partial charge on any atom is 0.220 e. The minimum atomic E-state index is -0.0241. The molecule has 23 heavy (non-hydrogen) atoms. The molecule has 0 aliphatic heterocycles. The number of rotatable bonds is 9. The summed E-state index contributed by atoms with van der Waals surface area (Å²) in [5, 5.41) is 6.05. The van der Waals surface area contributed by atoms with Gasteiger partial charge in [-0.25, -0.2) is 0 Å². The molecule has 1 aliphatic carbocycles. The van der Waals surface area contributed by atoms with E-state index in [0.29, 0.717) is 25.0 Å². The van der Waals surface area contributed by atoms with Crippen molar-refractivity contribution in [3.05, 3.63) is 0 Å². The van der Waals surface area contributed by atoms with Gasteiger partial charge in [0.1, 0.15) is 0 Å². The Hall–Kier alpha value is -1.10. The van der Waals surface area contributed by atoms with Crippen LogP contribution in [0.1, 0.15) is 71.1 Å². The molecule has 0 saturated heterocycles. The molecule has 134 valence electrons. The average molecular weight is 325 g/mol. The Balaban J connectivity index is 2.19. The molecule has 2 amide bonds. The fourth-order valence-electron chi connectivity index (χ4n) is 3.15. The van der Waals surface area contributed by atoms with Gasteiger partial charge in [0, 0.05) is 31.5 Å². The van der Waals surface area contributed by atoms with Crippen molar-refractivity contribution >= 4 is 11.8 Å². The molecule has 0 heterocycles. The Morgan fingerprint density at radius 3 is 2.22 bits per heavy atom. The fourth-order valence-corrected chi connectivity index (χ4v) is 3.15. The highest BCUT2D eigenvalue weighted by Gasteiger charge is 2.16. The summed E-state index contributed by atoms with van der Waals surface area (Å²) >= 11 is 0. The van der Waals surface area contributed by atoms with Crippen molar-refractivity contribution < 1.29 is 9.59 Å². The van der Waals surface area contributed by atoms with E-state index in [-0.39, 0.29) is 18.2 Å². The van der Waals surface area contributed by atoms with Crippen molar-refractivity contribution in [3.63, 3.8) is 0 Å². The van der Waals surface area contributed by atoms with E-state index in [1.165, 1.54) is 25.7 Å². The van der Waals surface area contributed by atoms with Crippen LogP contribution in [0.2, 0.25) is 0 Å². The zero-order valence-electron chi connectivity index (χ0n) is 15.2. The van der Waals surface area contributed by atoms with Crippen LogP contribution in [0.15, 0.2) is 0 Å². The van der Waals surface area contributed by atoms with Crippen molar-refractivity contribution in [2.75, 3.05) is 20.6 Å². The molecule has 1 saturated carbocycles. The van der Waals surface area contributed by atoms with Gasteiger partial charge in [-0.1, -0.05) is 39.0 Å². The third-order valence-corrected chi connectivity index (χ3v) is 4.69. The number of nitrogens with zero attached hydrogens (tertiary/aromatic N) is 1. The largest absolute Gasteiger partial charge is 0.355 e. The van der Waals surface area contributed by atoms with Gasteiger partial charge < -0.3 is 15.5 Å². The SMILES string of the molecule is CCC[C@H](CNC(=O)CCC(=O)NC1CCCCCC1)N(C)C. The minimum Gasteiger partial charge on any atom is -0.355 e. The van der Waals surface area contributed by atoms with Crippen LogP contribution in [0.4, 0.5) is 0 Å². The monoisotopic (exact) mass is 325 g/mol. The van der Waals surface area contributed by atoms with Crippen LogP contribution < -0.4 is 10.6 Å². The highest BCUT2D eigenvalue weighted by Crippen LogP contribution is 2.17. The van der Waals surface area contributed by atoms with E-state index >= 15 is 0 Å². The van der Waals surface area contributed by atoms with Gasteiger partial charge in [-0.3, -0.25) is 9.59 Å². The Morgan fingerprint density at radius 1 is 1.04 bits per heavy atom. The molecular formula is C18H35N3O2. The van der Waals surface area contributed by atoms with Crippen LogP contribution in [-0.4, -0.2) is 49.4 Å². The molecule has 5 heteroatoms. The van der Waals surface area contributed by atoms with Gasteiger partial charge in [-0.05, 0) is 33.4 Å². The first kappa shape index (κ1) is 19.9. The Labute approximate surface area is 141 Å². The molecule has 1 atom stereocenters. The summed E-state index contributed by atoms with van der Waals surface area (Å²) in [5.41, 5.74) is 0. The summed E-state index contributed by atoms with van der Waals surface area (Å²) in [6.07, 6.45) is 9.87. The molecule has 0 unspecified atom stereocenters. The second-order valence-electron chi connectivity index (χ2n) is 6.97. The van der Waals surface area contributed by atoms with Crippen molar-refractivity contribution in [2.45, 2.75) is 83.2 Å². The van der Waals surface area contributed by atoms with Crippen LogP contribution in [0.3, 0.4) is 0 Å². The molecule has 0 bridgehead atoms. The van der Waals surface area contributed by atoms with Gasteiger partial charge in [0.05, 0.1) is 0 Å². The maximum atomic E-state index is 12.0. The predicted molar refractivity (Wildman–Crippen MR) is 94.3 cm³/mol. The van der Waals surface area contributed by atoms with E-state index in [9.17, 15) is 9.59 Å². The van der Waals surface area contributed by atoms with Crippen molar-refractivity contribution in [3.8, 4) is 0 Å². The number of carbonyl (C=O) groups is 2. The molecule has 2 N–H and O–H groups in total. The predicted octanol–water partition coefficient (Wildman–Crippen LogP) is 2.45. The summed E-state index contributed by atoms with van der Waals surface area (Å²) < 4.78 is 0. The smallest absolute Gasteiger partial charge is 0.220 e. The number of hydrogen-bond acceptors (Lipinski definition) is 3. The standard InChI is InChI=1S/C18H35N3O2/c1-4-9-16(21(2)3)14-19-17(22)12-13-18(23)20-15-10-7-5-6-8-11-15/h15-16H,4-14H2,1-3H3,(H,19,22)(H,20,23)/t16-/m1/s1. The topological polar surface area (TPSA) is 61.4 Å². The van der Waals surface area contributed by atoms with Crippen LogP contribution in [0, 0.1) is 0 Å². The highest BCUT2D eigenvalue weighted by atomic mass is 16.2. The lowest BCUT2D eigenvalue weighted by atomic mass is 10.1. The van der Waals surface area contributed by atoms with E-state index in [2.05, 4.69) is 22.5 Å². The van der Waals surface area contributed by atoms with Gasteiger partial charge in [-0.2, -0.15) is 0 Å². The lowest BCUT2D eigenvalue weighted by molar-refractivity contribution is -0.127. The second-order valence-corrected chi connectivity index (χ2v) is 6.97. The molecule has 1 rings (SSSR count). The number of amides is 2. The van der Waals surface area contributed by atoms with Crippen molar-refractivity contribution in [2.24, 2.45) is 0 Å². The molecule has 0 radical (unpaired) electrons. The zero-order valence-corrected chi connectivity index (χ0v) is 15.2. The lowest BCUT2D eigenvalue weighted by Crippen LogP contribution is -2.40. The van der Waals surface area contributed by atoms with Crippen molar-refractivity contribution in [1.29, 1.82) is 0 Å². The summed E-state index contributed by atoms with van der Waals surface area (Å²) in [4.78, 5) is 26.0. The minimum absolute atomic E-state index is 0.0183. The number of nitrogens with one attached hydrogen (secondary N) is 2. The summed E-state index contributed by atoms with van der Waals surface area (Å²) in [6.45, 7) is 2.81. The first-order valence-corrected chi connectivity index (χ1v) is 9.25. The summed E-state index contributed by atoms with van der Waals surface area (Å²) in [7, 11) is 4.07. The molecule has 1 aliphatic rings. The molecular weight excluding hydrogens is 290 g/mol. The highest BCUT2D eigenvalue weighted by molar-refractivity contribution is 5.83. The average Bonchev–Trinajstić information content (AvgIpc) is 2.77. The van der Waals surface area contributed by atoms with Gasteiger partial charge in [0.25, 0.3) is 0 Å². The van der Waals surface area contributed by atoms with E-state index in [4.69, 9.17) is 0 Å². The summed E-state index contributed by atoms with van der Waals surface area (Å²) in [6, 6.07) is 0.680. The van der Waals surface area contributed by atoms with E-state index in [1.54, 1.807) is 0 Å². The maximum absolute atomic E-state index is 12.0. The Kier molecular flexibility index (Phi) is 9.92. The first-order valence-electron chi connectivity index (χ1n) is 9.25. The zero-order chi connectivity index (χ0) is 17.1. The molecule has 5 nitrogen and oxygen atoms in total. The molecule has 0 aromatic heterocycles. The molecule has 1 fully saturated rings. The normalized spacial score (nSPS) is 17.6. The second kappa shape index (κ2) is 11.4. The van der Waals surface area contributed by atoms with Crippen LogP contribution in [-0.2, 0) is 9.59 Å². The third-order valence-electron chi connectivity index (χ3n) is 4.69. The number of hydrogen-bond donors (Lipinski definition) is 2. The van der Waals surface area contributed by atoms with Crippen LogP contribution in [0.5, 0.6) is 0 Å².